The van der Waals surface area contributed by atoms with Crippen molar-refractivity contribution in [1.29, 1.82) is 0 Å². The molecule has 0 saturated heterocycles. The number of hydrogen-bond acceptors (Lipinski definition) is 5. The zero-order valence-electron chi connectivity index (χ0n) is 21.9. The Morgan fingerprint density at radius 1 is 1.21 bits per heavy atom. The number of nitrogens with one attached hydrogen (secondary N) is 2. The Labute approximate surface area is 221 Å². The van der Waals surface area contributed by atoms with Crippen LogP contribution in [0.5, 0.6) is 0 Å². The van der Waals surface area contributed by atoms with E-state index < -0.39 is 11.8 Å². The molecule has 0 unspecified atom stereocenters. The number of pyridine rings is 1. The summed E-state index contributed by atoms with van der Waals surface area (Å²) in [4.78, 5) is 17.5. The van der Waals surface area contributed by atoms with Gasteiger partial charge in [0.15, 0.2) is 0 Å². The third kappa shape index (κ3) is 4.40. The lowest BCUT2D eigenvalue weighted by Crippen LogP contribution is -2.43. The number of halogens is 2. The van der Waals surface area contributed by atoms with E-state index in [0.717, 1.165) is 36.3 Å². The van der Waals surface area contributed by atoms with Crippen molar-refractivity contribution in [2.45, 2.75) is 69.8 Å². The first-order valence-corrected chi connectivity index (χ1v) is 13.6. The second kappa shape index (κ2) is 9.52. The van der Waals surface area contributed by atoms with Gasteiger partial charge in [-0.05, 0) is 85.4 Å². The van der Waals surface area contributed by atoms with E-state index in [1.807, 2.05) is 29.8 Å². The van der Waals surface area contributed by atoms with Crippen LogP contribution in [0, 0.1) is 11.8 Å². The van der Waals surface area contributed by atoms with E-state index in [-0.39, 0.29) is 29.6 Å². The molecule has 3 aromatic rings. The number of amides is 1. The van der Waals surface area contributed by atoms with Crippen LogP contribution < -0.4 is 10.6 Å². The van der Waals surface area contributed by atoms with Crippen LogP contribution in [0.4, 0.5) is 14.5 Å². The molecule has 200 valence electrons. The van der Waals surface area contributed by atoms with Gasteiger partial charge in [0.1, 0.15) is 23.5 Å². The quantitative estimate of drug-likeness (QED) is 0.431. The number of rotatable bonds is 8. The van der Waals surface area contributed by atoms with Crippen LogP contribution in [0.2, 0.25) is 0 Å². The number of alkyl halides is 2. The van der Waals surface area contributed by atoms with E-state index in [4.69, 9.17) is 0 Å². The molecule has 1 aromatic carbocycles. The standard InChI is InChI=1S/C29H34F2N6O/c1-18-13-28(14-18,27-36-33-17-37(27)2)21-7-4-8-22(12-21)34-26(38)24-11-20(16-32-15-19-5-3-6-19)23-9-10-29(30,31)25(23)35-24/h4,7-8,11-12,17-19,32H,3,5-6,9-10,13-16H2,1-2H3,(H,34,38). The molecule has 9 heteroatoms. The fourth-order valence-corrected chi connectivity index (χ4v) is 6.47. The monoisotopic (exact) mass is 520 g/mol. The lowest BCUT2D eigenvalue weighted by molar-refractivity contribution is -0.00602. The molecule has 0 aliphatic heterocycles. The maximum absolute atomic E-state index is 14.7. The predicted octanol–water partition coefficient (Wildman–Crippen LogP) is 5.11. The molecular formula is C29H34F2N6O. The van der Waals surface area contributed by atoms with Crippen molar-refractivity contribution in [1.82, 2.24) is 25.1 Å². The van der Waals surface area contributed by atoms with E-state index in [1.54, 1.807) is 12.4 Å². The second-order valence-electron chi connectivity index (χ2n) is 11.5. The van der Waals surface area contributed by atoms with E-state index in [1.165, 1.54) is 19.3 Å². The Balaban J connectivity index is 1.25. The summed E-state index contributed by atoms with van der Waals surface area (Å²) in [6.45, 7) is 3.55. The summed E-state index contributed by atoms with van der Waals surface area (Å²) in [7, 11) is 1.94. The largest absolute Gasteiger partial charge is 0.321 e. The summed E-state index contributed by atoms with van der Waals surface area (Å²) in [6.07, 6.45) is 7.29. The molecule has 7 nitrogen and oxygen atoms in total. The van der Waals surface area contributed by atoms with Gasteiger partial charge >= 0.3 is 0 Å². The first-order valence-electron chi connectivity index (χ1n) is 13.6. The second-order valence-corrected chi connectivity index (χ2v) is 11.5. The third-order valence-corrected chi connectivity index (χ3v) is 8.66. The summed E-state index contributed by atoms with van der Waals surface area (Å²) in [5.41, 5.74) is 2.50. The van der Waals surface area contributed by atoms with Crippen molar-refractivity contribution in [2.24, 2.45) is 18.9 Å². The number of anilines is 1. The number of nitrogens with zero attached hydrogens (tertiary/aromatic N) is 4. The Hall–Kier alpha value is -3.20. The fraction of sp³-hybridized carbons (Fsp3) is 0.517. The lowest BCUT2D eigenvalue weighted by Gasteiger charge is -2.46. The van der Waals surface area contributed by atoms with Crippen LogP contribution in [-0.2, 0) is 31.4 Å². The number of benzene rings is 1. The molecule has 3 aliphatic rings. The van der Waals surface area contributed by atoms with Gasteiger partial charge in [0, 0.05) is 25.7 Å². The molecule has 2 heterocycles. The maximum Gasteiger partial charge on any atom is 0.290 e. The van der Waals surface area contributed by atoms with Gasteiger partial charge in [0.25, 0.3) is 11.8 Å². The fourth-order valence-electron chi connectivity index (χ4n) is 6.47. The smallest absolute Gasteiger partial charge is 0.290 e. The molecule has 2 N–H and O–H groups in total. The van der Waals surface area contributed by atoms with Gasteiger partial charge in [-0.2, -0.15) is 8.78 Å². The summed E-state index contributed by atoms with van der Waals surface area (Å²) >= 11 is 0. The number of hydrogen-bond donors (Lipinski definition) is 2. The van der Waals surface area contributed by atoms with Crippen molar-refractivity contribution in [3.05, 3.63) is 70.6 Å². The summed E-state index contributed by atoms with van der Waals surface area (Å²) in [6, 6.07) is 9.42. The first kappa shape index (κ1) is 25.1. The highest BCUT2D eigenvalue weighted by atomic mass is 19.3. The van der Waals surface area contributed by atoms with Gasteiger partial charge in [0.2, 0.25) is 0 Å². The van der Waals surface area contributed by atoms with Gasteiger partial charge in [-0.3, -0.25) is 4.79 Å². The number of carbonyl (C=O) groups is 1. The highest BCUT2D eigenvalue weighted by Crippen LogP contribution is 2.51. The summed E-state index contributed by atoms with van der Waals surface area (Å²) < 4.78 is 31.4. The molecule has 2 aromatic heterocycles. The van der Waals surface area contributed by atoms with E-state index in [0.29, 0.717) is 29.6 Å². The third-order valence-electron chi connectivity index (χ3n) is 8.66. The molecule has 1 amide bonds. The van der Waals surface area contributed by atoms with Crippen molar-refractivity contribution in [3.63, 3.8) is 0 Å². The number of fused-ring (bicyclic) bond motifs is 1. The SMILES string of the molecule is CC1CC(c2cccc(NC(=O)c3cc(CNCC4CCC4)c4c(n3)C(F)(F)CC4)c2)(c2nncn2C)C1. The van der Waals surface area contributed by atoms with Crippen LogP contribution in [0.1, 0.15) is 84.1 Å². The van der Waals surface area contributed by atoms with Crippen LogP contribution in [-0.4, -0.2) is 32.2 Å². The summed E-state index contributed by atoms with van der Waals surface area (Å²) in [5.74, 6) is -1.39. The molecule has 38 heavy (non-hydrogen) atoms. The average molecular weight is 521 g/mol. The van der Waals surface area contributed by atoms with Gasteiger partial charge in [-0.1, -0.05) is 25.5 Å². The molecule has 3 aliphatic carbocycles. The zero-order valence-corrected chi connectivity index (χ0v) is 21.9. The van der Waals surface area contributed by atoms with Crippen molar-refractivity contribution in [2.75, 3.05) is 11.9 Å². The van der Waals surface area contributed by atoms with Crippen molar-refractivity contribution in [3.8, 4) is 0 Å². The minimum absolute atomic E-state index is 0.0245. The van der Waals surface area contributed by atoms with Gasteiger partial charge in [-0.15, -0.1) is 10.2 Å². The Morgan fingerprint density at radius 3 is 2.71 bits per heavy atom. The van der Waals surface area contributed by atoms with Gasteiger partial charge in [0.05, 0.1) is 5.41 Å². The predicted molar refractivity (Wildman–Crippen MR) is 140 cm³/mol. The van der Waals surface area contributed by atoms with Crippen molar-refractivity contribution < 1.29 is 13.6 Å². The minimum Gasteiger partial charge on any atom is -0.321 e. The molecule has 0 atom stereocenters. The average Bonchev–Trinajstić information content (AvgIpc) is 3.41. The highest BCUT2D eigenvalue weighted by Gasteiger charge is 2.48. The number of aryl methyl sites for hydroxylation is 1. The van der Waals surface area contributed by atoms with Gasteiger partial charge in [-0.25, -0.2) is 4.98 Å². The topological polar surface area (TPSA) is 84.7 Å². The number of aromatic nitrogens is 4. The molecule has 0 spiro atoms. The molecule has 2 fully saturated rings. The Kier molecular flexibility index (Phi) is 6.29. The van der Waals surface area contributed by atoms with E-state index in [2.05, 4.69) is 38.8 Å². The Morgan fingerprint density at radius 2 is 2.03 bits per heavy atom. The van der Waals surface area contributed by atoms with Crippen LogP contribution in [0.15, 0.2) is 36.7 Å². The molecule has 0 bridgehead atoms. The molecule has 0 radical (unpaired) electrons. The number of carbonyl (C=O) groups excluding carboxylic acids is 1. The minimum atomic E-state index is -3.02. The maximum atomic E-state index is 14.7. The van der Waals surface area contributed by atoms with Crippen LogP contribution in [0.25, 0.3) is 0 Å². The summed E-state index contributed by atoms with van der Waals surface area (Å²) in [5, 5.41) is 14.8. The zero-order chi connectivity index (χ0) is 26.5. The highest BCUT2D eigenvalue weighted by molar-refractivity contribution is 6.03. The van der Waals surface area contributed by atoms with E-state index >= 15 is 0 Å². The molecule has 2 saturated carbocycles. The molecular weight excluding hydrogens is 486 g/mol. The molecule has 6 rings (SSSR count). The lowest BCUT2D eigenvalue weighted by atomic mass is 9.58. The Bertz CT molecular complexity index is 1360. The van der Waals surface area contributed by atoms with E-state index in [9.17, 15) is 13.6 Å². The normalized spacial score (nSPS) is 23.9. The van der Waals surface area contributed by atoms with Gasteiger partial charge < -0.3 is 15.2 Å². The first-order chi connectivity index (χ1) is 18.2. The van der Waals surface area contributed by atoms with Crippen LogP contribution in [0.3, 0.4) is 0 Å². The van der Waals surface area contributed by atoms with Crippen molar-refractivity contribution >= 4 is 11.6 Å². The van der Waals surface area contributed by atoms with Crippen LogP contribution >= 0.6 is 0 Å².